The van der Waals surface area contributed by atoms with Gasteiger partial charge in [0.15, 0.2) is 5.16 Å². The Hall–Kier alpha value is -0.290. The highest BCUT2D eigenvalue weighted by Gasteiger charge is 2.05. The minimum atomic E-state index is 0.632. The van der Waals surface area contributed by atoms with Crippen LogP contribution in [0, 0.1) is 0 Å². The highest BCUT2D eigenvalue weighted by atomic mass is 79.9. The average molecular weight is 336 g/mol. The Morgan fingerprint density at radius 2 is 1.81 bits per heavy atom. The molecule has 2 nitrogen and oxygen atoms in total. The highest BCUT2D eigenvalue weighted by Crippen LogP contribution is 2.33. The molecule has 0 atom stereocenters. The fourth-order valence-electron chi connectivity index (χ4n) is 1.01. The lowest BCUT2D eigenvalue weighted by atomic mass is 10.4. The van der Waals surface area contributed by atoms with Gasteiger partial charge in [-0.1, -0.05) is 23.2 Å². The molecule has 0 saturated heterocycles. The van der Waals surface area contributed by atoms with Crippen molar-refractivity contribution in [3.05, 3.63) is 45.1 Å². The van der Waals surface area contributed by atoms with Gasteiger partial charge >= 0.3 is 0 Å². The van der Waals surface area contributed by atoms with Crippen molar-refractivity contribution in [2.75, 3.05) is 0 Å². The molecule has 0 aliphatic heterocycles. The molecule has 82 valence electrons. The van der Waals surface area contributed by atoms with Crippen LogP contribution in [-0.4, -0.2) is 9.97 Å². The molecule has 1 aromatic carbocycles. The molecule has 0 fully saturated rings. The Labute approximate surface area is 116 Å². The van der Waals surface area contributed by atoms with E-state index in [1.165, 1.54) is 11.8 Å². The monoisotopic (exact) mass is 334 g/mol. The number of hydrogen-bond acceptors (Lipinski definition) is 3. The lowest BCUT2D eigenvalue weighted by Crippen LogP contribution is -1.85. The maximum Gasteiger partial charge on any atom is 0.192 e. The summed E-state index contributed by atoms with van der Waals surface area (Å²) >= 11 is 16.6. The van der Waals surface area contributed by atoms with Crippen LogP contribution in [0.2, 0.25) is 10.0 Å². The van der Waals surface area contributed by atoms with Gasteiger partial charge in [-0.2, -0.15) is 0 Å². The fraction of sp³-hybridized carbons (Fsp3) is 0. The van der Waals surface area contributed by atoms with Gasteiger partial charge in [0.2, 0.25) is 0 Å². The molecular weight excluding hydrogens is 331 g/mol. The van der Waals surface area contributed by atoms with Gasteiger partial charge in [-0.05, 0) is 45.9 Å². The maximum atomic E-state index is 6.03. The Morgan fingerprint density at radius 1 is 1.12 bits per heavy atom. The Bertz CT molecular complexity index is 505. The third-order valence-corrected chi connectivity index (χ3v) is 3.73. The van der Waals surface area contributed by atoms with E-state index in [2.05, 4.69) is 25.9 Å². The van der Waals surface area contributed by atoms with Gasteiger partial charge < -0.3 is 0 Å². The van der Waals surface area contributed by atoms with E-state index in [0.717, 1.165) is 9.37 Å². The van der Waals surface area contributed by atoms with Crippen molar-refractivity contribution in [3.8, 4) is 0 Å². The molecule has 0 bridgehead atoms. The summed E-state index contributed by atoms with van der Waals surface area (Å²) in [6, 6.07) is 5.29. The van der Waals surface area contributed by atoms with E-state index in [0.29, 0.717) is 15.2 Å². The van der Waals surface area contributed by atoms with Gasteiger partial charge in [0.1, 0.15) is 0 Å². The Balaban J connectivity index is 2.26. The van der Waals surface area contributed by atoms with Crippen molar-refractivity contribution in [1.82, 2.24) is 9.97 Å². The predicted molar refractivity (Wildman–Crippen MR) is 70.3 cm³/mol. The number of rotatable bonds is 2. The van der Waals surface area contributed by atoms with Crippen LogP contribution in [0.5, 0.6) is 0 Å². The third-order valence-electron chi connectivity index (χ3n) is 1.69. The van der Waals surface area contributed by atoms with Crippen molar-refractivity contribution in [2.45, 2.75) is 10.1 Å². The molecule has 0 radical (unpaired) electrons. The summed E-state index contributed by atoms with van der Waals surface area (Å²) in [4.78, 5) is 9.14. The fourth-order valence-corrected chi connectivity index (χ4v) is 2.44. The SMILES string of the molecule is Clc1ccc(Cl)c(Sc2ncc(Br)cn2)c1. The van der Waals surface area contributed by atoms with Crippen LogP contribution < -0.4 is 0 Å². The molecule has 2 rings (SSSR count). The molecule has 1 aromatic heterocycles. The number of nitrogens with zero attached hydrogens (tertiary/aromatic N) is 2. The molecule has 2 aromatic rings. The van der Waals surface area contributed by atoms with Crippen LogP contribution in [-0.2, 0) is 0 Å². The molecule has 16 heavy (non-hydrogen) atoms. The first kappa shape index (κ1) is 12.2. The van der Waals surface area contributed by atoms with Crippen molar-refractivity contribution in [1.29, 1.82) is 0 Å². The number of hydrogen-bond donors (Lipinski definition) is 0. The second-order valence-electron chi connectivity index (χ2n) is 2.86. The third kappa shape index (κ3) is 3.10. The molecule has 0 saturated carbocycles. The second kappa shape index (κ2) is 5.36. The second-order valence-corrected chi connectivity index (χ2v) is 5.63. The zero-order valence-electron chi connectivity index (χ0n) is 7.82. The first-order chi connectivity index (χ1) is 7.65. The lowest BCUT2D eigenvalue weighted by molar-refractivity contribution is 0.958. The first-order valence-corrected chi connectivity index (χ1v) is 6.62. The van der Waals surface area contributed by atoms with E-state index in [1.807, 2.05) is 0 Å². The average Bonchev–Trinajstić information content (AvgIpc) is 2.27. The molecule has 0 N–H and O–H groups in total. The van der Waals surface area contributed by atoms with E-state index in [9.17, 15) is 0 Å². The van der Waals surface area contributed by atoms with Gasteiger partial charge in [-0.25, -0.2) is 9.97 Å². The number of halogens is 3. The first-order valence-electron chi connectivity index (χ1n) is 4.25. The van der Waals surface area contributed by atoms with Crippen LogP contribution >= 0.6 is 50.9 Å². The van der Waals surface area contributed by atoms with Crippen molar-refractivity contribution < 1.29 is 0 Å². The van der Waals surface area contributed by atoms with Gasteiger partial charge in [-0.3, -0.25) is 0 Å². The maximum absolute atomic E-state index is 6.03. The van der Waals surface area contributed by atoms with E-state index in [-0.39, 0.29) is 0 Å². The molecule has 0 spiro atoms. The standard InChI is InChI=1S/C10H5BrCl2N2S/c11-6-4-14-10(15-5-6)16-9-3-7(12)1-2-8(9)13/h1-5H. The van der Waals surface area contributed by atoms with E-state index < -0.39 is 0 Å². The largest absolute Gasteiger partial charge is 0.230 e. The van der Waals surface area contributed by atoms with Crippen molar-refractivity contribution in [2.24, 2.45) is 0 Å². The highest BCUT2D eigenvalue weighted by molar-refractivity contribution is 9.10. The molecular formula is C10H5BrCl2N2S. The molecule has 6 heteroatoms. The molecule has 0 aliphatic rings. The van der Waals surface area contributed by atoms with Crippen molar-refractivity contribution >= 4 is 50.9 Å². The quantitative estimate of drug-likeness (QED) is 0.744. The Kier molecular flexibility index (Phi) is 4.08. The zero-order valence-corrected chi connectivity index (χ0v) is 11.7. The van der Waals surface area contributed by atoms with E-state index in [4.69, 9.17) is 23.2 Å². The van der Waals surface area contributed by atoms with Crippen LogP contribution in [0.3, 0.4) is 0 Å². The normalized spacial score (nSPS) is 10.4. The van der Waals surface area contributed by atoms with E-state index >= 15 is 0 Å². The van der Waals surface area contributed by atoms with Gasteiger partial charge in [0, 0.05) is 22.3 Å². The minimum absolute atomic E-state index is 0.632. The van der Waals surface area contributed by atoms with Gasteiger partial charge in [0.05, 0.1) is 9.50 Å². The summed E-state index contributed by atoms with van der Waals surface area (Å²) in [6.07, 6.45) is 3.38. The molecule has 0 unspecified atom stereocenters. The van der Waals surface area contributed by atoms with Crippen LogP contribution in [0.25, 0.3) is 0 Å². The van der Waals surface area contributed by atoms with Crippen molar-refractivity contribution in [3.63, 3.8) is 0 Å². The summed E-state index contributed by atoms with van der Waals surface area (Å²) in [5.74, 6) is 0. The van der Waals surface area contributed by atoms with Gasteiger partial charge in [0.25, 0.3) is 0 Å². The van der Waals surface area contributed by atoms with Crippen LogP contribution in [0.4, 0.5) is 0 Å². The summed E-state index contributed by atoms with van der Waals surface area (Å²) in [6.45, 7) is 0. The summed E-state index contributed by atoms with van der Waals surface area (Å²) in [5, 5.41) is 1.91. The summed E-state index contributed by atoms with van der Waals surface area (Å²) in [7, 11) is 0. The number of benzene rings is 1. The Morgan fingerprint density at radius 3 is 2.50 bits per heavy atom. The summed E-state index contributed by atoms with van der Waals surface area (Å²) in [5.41, 5.74) is 0. The van der Waals surface area contributed by atoms with Crippen LogP contribution in [0.15, 0.2) is 45.1 Å². The van der Waals surface area contributed by atoms with Gasteiger partial charge in [-0.15, -0.1) is 0 Å². The minimum Gasteiger partial charge on any atom is -0.230 e. The molecule has 0 aliphatic carbocycles. The molecule has 1 heterocycles. The zero-order chi connectivity index (χ0) is 11.5. The smallest absolute Gasteiger partial charge is 0.192 e. The summed E-state index contributed by atoms with van der Waals surface area (Å²) < 4.78 is 0.842. The molecule has 0 amide bonds. The van der Waals surface area contributed by atoms with Crippen LogP contribution in [0.1, 0.15) is 0 Å². The topological polar surface area (TPSA) is 25.8 Å². The predicted octanol–water partition coefficient (Wildman–Crippen LogP) is 4.70. The number of aromatic nitrogens is 2. The lowest BCUT2D eigenvalue weighted by Gasteiger charge is -2.03. The van der Waals surface area contributed by atoms with E-state index in [1.54, 1.807) is 30.6 Å².